The van der Waals surface area contributed by atoms with Crippen LogP contribution in [0.25, 0.3) is 5.69 Å². The normalized spacial score (nSPS) is 10.8. The van der Waals surface area contributed by atoms with Crippen molar-refractivity contribution in [2.75, 3.05) is 19.4 Å². The maximum Gasteiger partial charge on any atom is 0.230 e. The van der Waals surface area contributed by atoms with Gasteiger partial charge in [-0.05, 0) is 34.9 Å². The Labute approximate surface area is 139 Å². The molecule has 23 heavy (non-hydrogen) atoms. The fourth-order valence-electron chi connectivity index (χ4n) is 1.91. The number of rotatable bonds is 8. The summed E-state index contributed by atoms with van der Waals surface area (Å²) in [6, 6.07) is 7.46. The van der Waals surface area contributed by atoms with Crippen LogP contribution in [0.3, 0.4) is 0 Å². The number of amides is 1. The van der Waals surface area contributed by atoms with Crippen LogP contribution in [0, 0.1) is 5.92 Å². The van der Waals surface area contributed by atoms with Gasteiger partial charge in [-0.25, -0.2) is 0 Å². The second kappa shape index (κ2) is 8.52. The van der Waals surface area contributed by atoms with E-state index in [-0.39, 0.29) is 11.7 Å². The van der Waals surface area contributed by atoms with Crippen molar-refractivity contribution in [2.45, 2.75) is 25.4 Å². The van der Waals surface area contributed by atoms with Gasteiger partial charge in [0, 0.05) is 6.54 Å². The second-order valence-corrected chi connectivity index (χ2v) is 6.31. The fraction of sp³-hybridized carbons (Fsp3) is 0.467. The number of thioether (sulfide) groups is 1. The van der Waals surface area contributed by atoms with E-state index in [1.807, 2.05) is 24.3 Å². The van der Waals surface area contributed by atoms with Crippen LogP contribution < -0.4 is 10.1 Å². The molecule has 0 aliphatic carbocycles. The molecule has 2 aromatic rings. The predicted octanol–water partition coefficient (Wildman–Crippen LogP) is 1.93. The van der Waals surface area contributed by atoms with Gasteiger partial charge in [0.25, 0.3) is 0 Å². The number of carbonyl (C=O) groups excluding carboxylic acids is 1. The van der Waals surface area contributed by atoms with Gasteiger partial charge in [0.15, 0.2) is 0 Å². The summed E-state index contributed by atoms with van der Waals surface area (Å²) in [5.41, 5.74) is 0.739. The third-order valence-electron chi connectivity index (χ3n) is 3.13. The first kappa shape index (κ1) is 17.3. The van der Waals surface area contributed by atoms with Gasteiger partial charge in [-0.3, -0.25) is 4.79 Å². The third kappa shape index (κ3) is 4.95. The second-order valence-electron chi connectivity index (χ2n) is 5.37. The number of benzene rings is 1. The SMILES string of the molecule is COc1ccccc1-n1nnnc1SCC(=O)NCCC(C)C. The van der Waals surface area contributed by atoms with Crippen LogP contribution in [0.1, 0.15) is 20.3 Å². The topological polar surface area (TPSA) is 81.9 Å². The molecule has 0 radical (unpaired) electrons. The molecule has 0 saturated carbocycles. The highest BCUT2D eigenvalue weighted by molar-refractivity contribution is 7.99. The molecule has 0 fully saturated rings. The summed E-state index contributed by atoms with van der Waals surface area (Å²) >= 11 is 1.29. The molecule has 0 aliphatic heterocycles. The van der Waals surface area contributed by atoms with Crippen LogP contribution >= 0.6 is 11.8 Å². The number of para-hydroxylation sites is 2. The van der Waals surface area contributed by atoms with E-state index in [0.717, 1.165) is 12.1 Å². The van der Waals surface area contributed by atoms with Gasteiger partial charge in [0.05, 0.1) is 12.9 Å². The molecule has 124 valence electrons. The molecule has 1 heterocycles. The summed E-state index contributed by atoms with van der Waals surface area (Å²) in [6.07, 6.45) is 0.968. The van der Waals surface area contributed by atoms with E-state index >= 15 is 0 Å². The zero-order valence-electron chi connectivity index (χ0n) is 13.5. The van der Waals surface area contributed by atoms with Gasteiger partial charge in [0.2, 0.25) is 11.1 Å². The molecule has 1 N–H and O–H groups in total. The first-order chi connectivity index (χ1) is 11.1. The molecular weight excluding hydrogens is 314 g/mol. The van der Waals surface area contributed by atoms with Gasteiger partial charge >= 0.3 is 0 Å². The van der Waals surface area contributed by atoms with Crippen LogP contribution in [0.4, 0.5) is 0 Å². The maximum absolute atomic E-state index is 11.9. The lowest BCUT2D eigenvalue weighted by atomic mass is 10.1. The minimum Gasteiger partial charge on any atom is -0.494 e. The Morgan fingerprint density at radius 3 is 2.91 bits per heavy atom. The van der Waals surface area contributed by atoms with E-state index in [2.05, 4.69) is 34.7 Å². The van der Waals surface area contributed by atoms with Gasteiger partial charge < -0.3 is 10.1 Å². The number of tetrazole rings is 1. The lowest BCUT2D eigenvalue weighted by Crippen LogP contribution is -2.27. The average molecular weight is 335 g/mol. The minimum atomic E-state index is -0.0229. The summed E-state index contributed by atoms with van der Waals surface area (Å²) in [5, 5.41) is 15.1. The molecule has 0 atom stereocenters. The summed E-state index contributed by atoms with van der Waals surface area (Å²) in [6.45, 7) is 4.94. The number of hydrogen-bond donors (Lipinski definition) is 1. The molecule has 0 unspecified atom stereocenters. The number of aromatic nitrogens is 4. The van der Waals surface area contributed by atoms with Gasteiger partial charge in [-0.15, -0.1) is 5.10 Å². The van der Waals surface area contributed by atoms with E-state index in [0.29, 0.717) is 23.4 Å². The molecule has 0 spiro atoms. The highest BCUT2D eigenvalue weighted by Gasteiger charge is 2.14. The third-order valence-corrected chi connectivity index (χ3v) is 4.05. The number of carbonyl (C=O) groups is 1. The van der Waals surface area contributed by atoms with Gasteiger partial charge in [-0.1, -0.05) is 37.7 Å². The van der Waals surface area contributed by atoms with Crippen molar-refractivity contribution in [3.05, 3.63) is 24.3 Å². The number of nitrogens with one attached hydrogen (secondary N) is 1. The quantitative estimate of drug-likeness (QED) is 0.742. The molecule has 1 amide bonds. The largest absolute Gasteiger partial charge is 0.494 e. The van der Waals surface area contributed by atoms with Crippen LogP contribution in [0.5, 0.6) is 5.75 Å². The highest BCUT2D eigenvalue weighted by atomic mass is 32.2. The van der Waals surface area contributed by atoms with Gasteiger partial charge in [0.1, 0.15) is 11.4 Å². The van der Waals surface area contributed by atoms with Crippen molar-refractivity contribution in [1.82, 2.24) is 25.5 Å². The Morgan fingerprint density at radius 1 is 1.39 bits per heavy atom. The Kier molecular flexibility index (Phi) is 6.40. The van der Waals surface area contributed by atoms with E-state index in [1.165, 1.54) is 11.8 Å². The maximum atomic E-state index is 11.9. The standard InChI is InChI=1S/C15H21N5O2S/c1-11(2)8-9-16-14(21)10-23-15-17-18-19-20(15)12-6-4-5-7-13(12)22-3/h4-7,11H,8-10H2,1-3H3,(H,16,21). The van der Waals surface area contributed by atoms with Crippen molar-refractivity contribution in [3.8, 4) is 11.4 Å². The molecule has 7 nitrogen and oxygen atoms in total. The number of hydrogen-bond acceptors (Lipinski definition) is 6. The summed E-state index contributed by atoms with van der Waals surface area (Å²) in [7, 11) is 1.60. The summed E-state index contributed by atoms with van der Waals surface area (Å²) in [4.78, 5) is 11.9. The Hall–Kier alpha value is -2.09. The Balaban J connectivity index is 1.98. The van der Waals surface area contributed by atoms with Crippen LogP contribution in [0.2, 0.25) is 0 Å². The zero-order chi connectivity index (χ0) is 16.7. The fourth-order valence-corrected chi connectivity index (χ4v) is 2.62. The van der Waals surface area contributed by atoms with Crippen molar-refractivity contribution in [3.63, 3.8) is 0 Å². The van der Waals surface area contributed by atoms with Crippen molar-refractivity contribution in [1.29, 1.82) is 0 Å². The Morgan fingerprint density at radius 2 is 2.17 bits per heavy atom. The van der Waals surface area contributed by atoms with E-state index < -0.39 is 0 Å². The number of ether oxygens (including phenoxy) is 1. The lowest BCUT2D eigenvalue weighted by Gasteiger charge is -2.09. The first-order valence-corrected chi connectivity index (χ1v) is 8.41. The van der Waals surface area contributed by atoms with Crippen LogP contribution in [0.15, 0.2) is 29.4 Å². The number of methoxy groups -OCH3 is 1. The van der Waals surface area contributed by atoms with Crippen LogP contribution in [-0.2, 0) is 4.79 Å². The van der Waals surface area contributed by atoms with Gasteiger partial charge in [-0.2, -0.15) is 4.68 Å². The number of nitrogens with zero attached hydrogens (tertiary/aromatic N) is 4. The molecule has 2 rings (SSSR count). The summed E-state index contributed by atoms with van der Waals surface area (Å²) < 4.78 is 6.89. The summed E-state index contributed by atoms with van der Waals surface area (Å²) in [5.74, 6) is 1.49. The van der Waals surface area contributed by atoms with Crippen molar-refractivity contribution in [2.24, 2.45) is 5.92 Å². The predicted molar refractivity (Wildman–Crippen MR) is 88.9 cm³/mol. The van der Waals surface area contributed by atoms with E-state index in [1.54, 1.807) is 11.8 Å². The van der Waals surface area contributed by atoms with E-state index in [9.17, 15) is 4.79 Å². The molecule has 8 heteroatoms. The molecule has 0 saturated heterocycles. The van der Waals surface area contributed by atoms with Crippen LogP contribution in [-0.4, -0.2) is 45.5 Å². The monoisotopic (exact) mass is 335 g/mol. The Bertz CT molecular complexity index is 644. The smallest absolute Gasteiger partial charge is 0.230 e. The molecule has 0 aliphatic rings. The zero-order valence-corrected chi connectivity index (χ0v) is 14.3. The van der Waals surface area contributed by atoms with E-state index in [4.69, 9.17) is 4.74 Å². The molecule has 1 aromatic heterocycles. The molecule has 0 bridgehead atoms. The van der Waals surface area contributed by atoms with Crippen molar-refractivity contribution >= 4 is 17.7 Å². The molecular formula is C15H21N5O2S. The van der Waals surface area contributed by atoms with Crippen molar-refractivity contribution < 1.29 is 9.53 Å². The lowest BCUT2D eigenvalue weighted by molar-refractivity contribution is -0.118. The highest BCUT2D eigenvalue weighted by Crippen LogP contribution is 2.25. The average Bonchev–Trinajstić information content (AvgIpc) is 3.00. The minimum absolute atomic E-state index is 0.0229. The first-order valence-electron chi connectivity index (χ1n) is 7.43. The molecule has 1 aromatic carbocycles.